The van der Waals surface area contributed by atoms with Crippen molar-refractivity contribution in [2.75, 3.05) is 7.11 Å². The molecule has 0 aliphatic carbocycles. The van der Waals surface area contributed by atoms with Crippen LogP contribution >= 0.6 is 0 Å². The van der Waals surface area contributed by atoms with Crippen molar-refractivity contribution in [1.29, 1.82) is 0 Å². The van der Waals surface area contributed by atoms with Crippen molar-refractivity contribution >= 4 is 21.4 Å². The van der Waals surface area contributed by atoms with Crippen molar-refractivity contribution in [3.8, 4) is 5.75 Å². The molecule has 0 bridgehead atoms. The Morgan fingerprint density at radius 3 is 2.63 bits per heavy atom. The Bertz CT molecular complexity index is 1310. The highest BCUT2D eigenvalue weighted by Crippen LogP contribution is 2.24. The van der Waals surface area contributed by atoms with Gasteiger partial charge in [-0.15, -0.1) is 0 Å². The standard InChI is InChI=1S/C22H19N3O4S/c1-29-18-3-2-4-20(13-18)30(27,28)19-8-5-16(6-9-19)14-24-22(26)17-7-10-21-23-11-12-25(21)15-17/h2-13,15H,14H2,1H3,(H,24,26). The van der Waals surface area contributed by atoms with Crippen LogP contribution in [0.2, 0.25) is 0 Å². The molecule has 152 valence electrons. The molecule has 2 aromatic heterocycles. The number of nitrogens with zero attached hydrogens (tertiary/aromatic N) is 2. The van der Waals surface area contributed by atoms with Gasteiger partial charge in [0, 0.05) is 25.1 Å². The number of hydrogen-bond acceptors (Lipinski definition) is 5. The fourth-order valence-corrected chi connectivity index (χ4v) is 4.33. The first kappa shape index (κ1) is 19.7. The number of nitrogens with one attached hydrogen (secondary N) is 1. The fourth-order valence-electron chi connectivity index (χ4n) is 3.03. The number of rotatable bonds is 6. The number of carbonyl (C=O) groups excluding carboxylic acids is 1. The van der Waals surface area contributed by atoms with Crippen LogP contribution in [0.3, 0.4) is 0 Å². The molecule has 1 amide bonds. The Labute approximate surface area is 173 Å². The van der Waals surface area contributed by atoms with Crippen LogP contribution in [0.5, 0.6) is 5.75 Å². The van der Waals surface area contributed by atoms with Crippen molar-refractivity contribution in [1.82, 2.24) is 14.7 Å². The van der Waals surface area contributed by atoms with Gasteiger partial charge in [-0.2, -0.15) is 0 Å². The van der Waals surface area contributed by atoms with Gasteiger partial charge in [0.2, 0.25) is 9.84 Å². The molecule has 0 saturated carbocycles. The lowest BCUT2D eigenvalue weighted by Gasteiger charge is -2.09. The van der Waals surface area contributed by atoms with Crippen LogP contribution in [0.1, 0.15) is 15.9 Å². The number of ether oxygens (including phenoxy) is 1. The van der Waals surface area contributed by atoms with Gasteiger partial charge in [-0.05, 0) is 48.0 Å². The second-order valence-corrected chi connectivity index (χ2v) is 8.57. The summed E-state index contributed by atoms with van der Waals surface area (Å²) in [6, 6.07) is 16.3. The molecular weight excluding hydrogens is 402 g/mol. The summed E-state index contributed by atoms with van der Waals surface area (Å²) < 4.78 is 32.5. The maximum Gasteiger partial charge on any atom is 0.253 e. The molecule has 0 fully saturated rings. The van der Waals surface area contributed by atoms with Crippen molar-refractivity contribution in [3.05, 3.63) is 90.4 Å². The highest BCUT2D eigenvalue weighted by atomic mass is 32.2. The molecule has 0 spiro atoms. The molecule has 0 aliphatic rings. The average Bonchev–Trinajstić information content (AvgIpc) is 3.25. The van der Waals surface area contributed by atoms with Crippen LogP contribution in [-0.2, 0) is 16.4 Å². The van der Waals surface area contributed by atoms with Crippen LogP contribution in [0.25, 0.3) is 5.65 Å². The minimum Gasteiger partial charge on any atom is -0.497 e. The first-order valence-corrected chi connectivity index (χ1v) is 10.6. The maximum atomic E-state index is 12.8. The van der Waals surface area contributed by atoms with E-state index in [1.54, 1.807) is 59.4 Å². The SMILES string of the molecule is COc1cccc(S(=O)(=O)c2ccc(CNC(=O)c3ccc4nccn4c3)cc2)c1. The van der Waals surface area contributed by atoms with Crippen molar-refractivity contribution in [2.45, 2.75) is 16.3 Å². The second kappa shape index (κ2) is 8.00. The summed E-state index contributed by atoms with van der Waals surface area (Å²) in [5, 5.41) is 2.84. The van der Waals surface area contributed by atoms with Gasteiger partial charge in [-0.1, -0.05) is 18.2 Å². The molecule has 8 heteroatoms. The van der Waals surface area contributed by atoms with Gasteiger partial charge in [-0.3, -0.25) is 4.79 Å². The number of imidazole rings is 1. The van der Waals surface area contributed by atoms with E-state index in [0.29, 0.717) is 11.3 Å². The summed E-state index contributed by atoms with van der Waals surface area (Å²) in [4.78, 5) is 16.9. The second-order valence-electron chi connectivity index (χ2n) is 6.62. The van der Waals surface area contributed by atoms with Gasteiger partial charge < -0.3 is 14.5 Å². The van der Waals surface area contributed by atoms with Gasteiger partial charge in [0.25, 0.3) is 5.91 Å². The van der Waals surface area contributed by atoms with Crippen LogP contribution in [-0.4, -0.2) is 30.8 Å². The van der Waals surface area contributed by atoms with E-state index < -0.39 is 9.84 Å². The molecule has 0 saturated heterocycles. The lowest BCUT2D eigenvalue weighted by atomic mass is 10.2. The number of methoxy groups -OCH3 is 1. The summed E-state index contributed by atoms with van der Waals surface area (Å²) in [5.74, 6) is 0.253. The zero-order valence-corrected chi connectivity index (χ0v) is 17.0. The highest BCUT2D eigenvalue weighted by molar-refractivity contribution is 7.91. The smallest absolute Gasteiger partial charge is 0.253 e. The van der Waals surface area contributed by atoms with E-state index in [2.05, 4.69) is 10.3 Å². The summed E-state index contributed by atoms with van der Waals surface area (Å²) in [6.45, 7) is 0.278. The van der Waals surface area contributed by atoms with Gasteiger partial charge in [0.1, 0.15) is 11.4 Å². The van der Waals surface area contributed by atoms with Gasteiger partial charge in [0.15, 0.2) is 0 Å². The monoisotopic (exact) mass is 421 g/mol. The third kappa shape index (κ3) is 3.90. The van der Waals surface area contributed by atoms with E-state index in [1.807, 2.05) is 0 Å². The predicted octanol–water partition coefficient (Wildman–Crippen LogP) is 3.11. The minimum absolute atomic E-state index is 0.165. The predicted molar refractivity (Wildman–Crippen MR) is 111 cm³/mol. The number of sulfone groups is 1. The number of carbonyl (C=O) groups is 1. The number of aromatic nitrogens is 2. The quantitative estimate of drug-likeness (QED) is 0.517. The van der Waals surface area contributed by atoms with Crippen LogP contribution in [0.4, 0.5) is 0 Å². The Balaban J connectivity index is 1.46. The van der Waals surface area contributed by atoms with E-state index in [9.17, 15) is 13.2 Å². The van der Waals surface area contributed by atoms with Gasteiger partial charge in [0.05, 0.1) is 22.5 Å². The Hall–Kier alpha value is -3.65. The normalized spacial score (nSPS) is 11.4. The van der Waals surface area contributed by atoms with E-state index >= 15 is 0 Å². The summed E-state index contributed by atoms with van der Waals surface area (Å²) in [7, 11) is -2.17. The van der Waals surface area contributed by atoms with Crippen LogP contribution in [0.15, 0.2) is 89.0 Å². The van der Waals surface area contributed by atoms with E-state index in [-0.39, 0.29) is 22.2 Å². The molecule has 0 radical (unpaired) electrons. The van der Waals surface area contributed by atoms with E-state index in [1.165, 1.54) is 31.4 Å². The lowest BCUT2D eigenvalue weighted by molar-refractivity contribution is 0.0950. The molecule has 4 rings (SSSR count). The molecule has 2 aromatic carbocycles. The molecule has 7 nitrogen and oxygen atoms in total. The first-order chi connectivity index (χ1) is 14.5. The topological polar surface area (TPSA) is 89.8 Å². The van der Waals surface area contributed by atoms with E-state index in [0.717, 1.165) is 11.2 Å². The zero-order chi connectivity index (χ0) is 21.1. The Kier molecular flexibility index (Phi) is 5.24. The molecule has 4 aromatic rings. The number of hydrogen-bond donors (Lipinski definition) is 1. The largest absolute Gasteiger partial charge is 0.497 e. The van der Waals surface area contributed by atoms with Crippen LogP contribution in [0, 0.1) is 0 Å². The van der Waals surface area contributed by atoms with Crippen molar-refractivity contribution in [3.63, 3.8) is 0 Å². The number of pyridine rings is 1. The highest BCUT2D eigenvalue weighted by Gasteiger charge is 2.18. The van der Waals surface area contributed by atoms with Crippen LogP contribution < -0.4 is 10.1 Å². The molecule has 1 N–H and O–H groups in total. The molecule has 2 heterocycles. The number of benzene rings is 2. The van der Waals surface area contributed by atoms with E-state index in [4.69, 9.17) is 4.74 Å². The fraction of sp³-hybridized carbons (Fsp3) is 0.0909. The average molecular weight is 421 g/mol. The molecule has 0 unspecified atom stereocenters. The third-order valence-corrected chi connectivity index (χ3v) is 6.46. The number of amides is 1. The summed E-state index contributed by atoms with van der Waals surface area (Å²) in [6.07, 6.45) is 5.15. The summed E-state index contributed by atoms with van der Waals surface area (Å²) in [5.41, 5.74) is 2.06. The zero-order valence-electron chi connectivity index (χ0n) is 16.1. The molecular formula is C22H19N3O4S. The molecule has 30 heavy (non-hydrogen) atoms. The minimum atomic E-state index is -3.65. The lowest BCUT2D eigenvalue weighted by Crippen LogP contribution is -2.23. The molecule has 0 atom stereocenters. The van der Waals surface area contributed by atoms with Gasteiger partial charge >= 0.3 is 0 Å². The Morgan fingerprint density at radius 2 is 1.87 bits per heavy atom. The Morgan fingerprint density at radius 1 is 1.07 bits per heavy atom. The van der Waals surface area contributed by atoms with Gasteiger partial charge in [-0.25, -0.2) is 13.4 Å². The first-order valence-electron chi connectivity index (χ1n) is 9.16. The third-order valence-electron chi connectivity index (χ3n) is 4.69. The maximum absolute atomic E-state index is 12.8. The van der Waals surface area contributed by atoms with Crippen molar-refractivity contribution < 1.29 is 17.9 Å². The summed E-state index contributed by atoms with van der Waals surface area (Å²) >= 11 is 0. The van der Waals surface area contributed by atoms with Crippen molar-refractivity contribution in [2.24, 2.45) is 0 Å². The molecule has 0 aliphatic heterocycles. The number of fused-ring (bicyclic) bond motifs is 1.